The summed E-state index contributed by atoms with van der Waals surface area (Å²) < 4.78 is 5.16. The van der Waals surface area contributed by atoms with Crippen LogP contribution in [0.3, 0.4) is 0 Å². The summed E-state index contributed by atoms with van der Waals surface area (Å²) in [6.07, 6.45) is 1.67. The second-order valence-electron chi connectivity index (χ2n) is 4.95. The summed E-state index contributed by atoms with van der Waals surface area (Å²) in [6, 6.07) is 0. The molecule has 0 saturated carbocycles. The Morgan fingerprint density at radius 2 is 2.07 bits per heavy atom. The van der Waals surface area contributed by atoms with Crippen molar-refractivity contribution in [2.24, 2.45) is 5.41 Å². The van der Waals surface area contributed by atoms with Crippen molar-refractivity contribution in [2.45, 2.75) is 40.5 Å². The summed E-state index contributed by atoms with van der Waals surface area (Å²) in [5, 5.41) is 7.19. The number of nitrogens with one attached hydrogen (secondary N) is 1. The van der Waals surface area contributed by atoms with Crippen molar-refractivity contribution < 1.29 is 4.52 Å². The van der Waals surface area contributed by atoms with Crippen molar-refractivity contribution in [3.05, 3.63) is 11.7 Å². The Morgan fingerprint density at radius 3 is 2.67 bits per heavy atom. The monoisotopic (exact) mass is 211 g/mol. The van der Waals surface area contributed by atoms with E-state index in [1.165, 1.54) is 0 Å². The number of hydrogen-bond donors (Lipinski definition) is 1. The Bertz CT molecular complexity index is 288. The maximum atomic E-state index is 5.16. The first-order chi connectivity index (χ1) is 7.01. The average molecular weight is 211 g/mol. The summed E-state index contributed by atoms with van der Waals surface area (Å²) in [6.45, 7) is 10.5. The third kappa shape index (κ3) is 4.93. The predicted molar refractivity (Wildman–Crippen MR) is 59.7 cm³/mol. The van der Waals surface area contributed by atoms with Crippen LogP contribution in [-0.2, 0) is 12.8 Å². The Hall–Kier alpha value is -0.900. The van der Waals surface area contributed by atoms with Gasteiger partial charge in [0.15, 0.2) is 5.82 Å². The molecule has 4 heteroatoms. The Kier molecular flexibility index (Phi) is 4.27. The zero-order chi connectivity index (χ0) is 11.3. The van der Waals surface area contributed by atoms with Crippen molar-refractivity contribution in [1.82, 2.24) is 15.5 Å². The van der Waals surface area contributed by atoms with E-state index in [4.69, 9.17) is 4.52 Å². The smallest absolute Gasteiger partial charge is 0.227 e. The highest BCUT2D eigenvalue weighted by Gasteiger charge is 2.15. The van der Waals surface area contributed by atoms with E-state index in [1.54, 1.807) is 0 Å². The van der Waals surface area contributed by atoms with Gasteiger partial charge in [-0.2, -0.15) is 4.98 Å². The van der Waals surface area contributed by atoms with Gasteiger partial charge in [0, 0.05) is 19.4 Å². The van der Waals surface area contributed by atoms with Crippen LogP contribution in [0.15, 0.2) is 4.52 Å². The lowest BCUT2D eigenvalue weighted by Crippen LogP contribution is -2.16. The van der Waals surface area contributed by atoms with Crippen molar-refractivity contribution in [1.29, 1.82) is 0 Å². The van der Waals surface area contributed by atoms with Crippen molar-refractivity contribution in [3.8, 4) is 0 Å². The fraction of sp³-hybridized carbons (Fsp3) is 0.818. The number of hydrogen-bond acceptors (Lipinski definition) is 4. The van der Waals surface area contributed by atoms with Gasteiger partial charge in [-0.1, -0.05) is 32.9 Å². The van der Waals surface area contributed by atoms with Crippen LogP contribution in [0.4, 0.5) is 0 Å². The third-order valence-corrected chi connectivity index (χ3v) is 1.96. The minimum Gasteiger partial charge on any atom is -0.339 e. The Morgan fingerprint density at radius 1 is 1.33 bits per heavy atom. The molecule has 0 amide bonds. The molecule has 1 aromatic heterocycles. The molecule has 0 unspecified atom stereocenters. The van der Waals surface area contributed by atoms with Gasteiger partial charge in [-0.3, -0.25) is 0 Å². The van der Waals surface area contributed by atoms with Gasteiger partial charge < -0.3 is 9.84 Å². The highest BCUT2D eigenvalue weighted by molar-refractivity contribution is 4.90. The van der Waals surface area contributed by atoms with Gasteiger partial charge in [0.05, 0.1) is 0 Å². The van der Waals surface area contributed by atoms with Crippen molar-refractivity contribution >= 4 is 0 Å². The second-order valence-corrected chi connectivity index (χ2v) is 4.95. The fourth-order valence-electron chi connectivity index (χ4n) is 1.31. The lowest BCUT2D eigenvalue weighted by molar-refractivity contribution is 0.353. The van der Waals surface area contributed by atoms with Crippen molar-refractivity contribution in [2.75, 3.05) is 13.1 Å². The Labute approximate surface area is 91.5 Å². The SMILES string of the molecule is CCNCCc1nc(CC(C)(C)C)no1. The summed E-state index contributed by atoms with van der Waals surface area (Å²) in [4.78, 5) is 4.35. The number of rotatable bonds is 5. The minimum absolute atomic E-state index is 0.211. The topological polar surface area (TPSA) is 51.0 Å². The van der Waals surface area contributed by atoms with E-state index in [1.807, 2.05) is 0 Å². The minimum atomic E-state index is 0.211. The lowest BCUT2D eigenvalue weighted by Gasteiger charge is -2.14. The van der Waals surface area contributed by atoms with Crippen LogP contribution in [0.25, 0.3) is 0 Å². The molecule has 0 spiro atoms. The maximum Gasteiger partial charge on any atom is 0.227 e. The number of likely N-dealkylation sites (N-methyl/N-ethyl adjacent to an activating group) is 1. The number of aromatic nitrogens is 2. The van der Waals surface area contributed by atoms with Crippen LogP contribution in [0, 0.1) is 5.41 Å². The van der Waals surface area contributed by atoms with Gasteiger partial charge in [0.25, 0.3) is 0 Å². The first-order valence-corrected chi connectivity index (χ1v) is 5.53. The van der Waals surface area contributed by atoms with E-state index in [0.29, 0.717) is 0 Å². The van der Waals surface area contributed by atoms with Crippen LogP contribution in [0.1, 0.15) is 39.4 Å². The first kappa shape index (κ1) is 12.2. The van der Waals surface area contributed by atoms with Gasteiger partial charge in [-0.25, -0.2) is 0 Å². The molecule has 1 rings (SSSR count). The molecule has 0 atom stereocenters. The molecule has 1 N–H and O–H groups in total. The van der Waals surface area contributed by atoms with E-state index < -0.39 is 0 Å². The summed E-state index contributed by atoms with van der Waals surface area (Å²) in [7, 11) is 0. The molecule has 15 heavy (non-hydrogen) atoms. The van der Waals surface area contributed by atoms with E-state index in [9.17, 15) is 0 Å². The molecule has 4 nitrogen and oxygen atoms in total. The molecule has 0 fully saturated rings. The molecule has 1 aromatic rings. The van der Waals surface area contributed by atoms with Crippen LogP contribution < -0.4 is 5.32 Å². The van der Waals surface area contributed by atoms with Crippen LogP contribution in [-0.4, -0.2) is 23.2 Å². The molecule has 0 radical (unpaired) electrons. The zero-order valence-corrected chi connectivity index (χ0v) is 10.1. The number of nitrogens with zero attached hydrogens (tertiary/aromatic N) is 2. The summed E-state index contributed by atoms with van der Waals surface area (Å²) in [5.74, 6) is 1.55. The van der Waals surface area contributed by atoms with E-state index in [0.717, 1.165) is 37.6 Å². The highest BCUT2D eigenvalue weighted by atomic mass is 16.5. The third-order valence-electron chi connectivity index (χ3n) is 1.96. The van der Waals surface area contributed by atoms with Gasteiger partial charge >= 0.3 is 0 Å². The van der Waals surface area contributed by atoms with E-state index >= 15 is 0 Å². The molecule has 0 bridgehead atoms. The normalized spacial score (nSPS) is 12.0. The Balaban J connectivity index is 2.42. The molecule has 86 valence electrons. The van der Waals surface area contributed by atoms with Gasteiger partial charge in [-0.15, -0.1) is 0 Å². The quantitative estimate of drug-likeness (QED) is 0.755. The van der Waals surface area contributed by atoms with Crippen LogP contribution in [0.2, 0.25) is 0 Å². The van der Waals surface area contributed by atoms with Gasteiger partial charge in [0.1, 0.15) is 0 Å². The first-order valence-electron chi connectivity index (χ1n) is 5.53. The molecule has 0 aliphatic carbocycles. The zero-order valence-electron chi connectivity index (χ0n) is 10.1. The predicted octanol–water partition coefficient (Wildman–Crippen LogP) is 1.81. The molecule has 0 aliphatic heterocycles. The van der Waals surface area contributed by atoms with E-state index in [2.05, 4.69) is 43.2 Å². The molecule has 0 aliphatic rings. The molecule has 1 heterocycles. The summed E-state index contributed by atoms with van der Waals surface area (Å²) >= 11 is 0. The highest BCUT2D eigenvalue weighted by Crippen LogP contribution is 2.18. The van der Waals surface area contributed by atoms with Crippen LogP contribution >= 0.6 is 0 Å². The maximum absolute atomic E-state index is 5.16. The van der Waals surface area contributed by atoms with Crippen LogP contribution in [0.5, 0.6) is 0 Å². The van der Waals surface area contributed by atoms with Gasteiger partial charge in [-0.05, 0) is 12.0 Å². The molecular formula is C11H21N3O. The molecule has 0 aromatic carbocycles. The molecule has 0 saturated heterocycles. The largest absolute Gasteiger partial charge is 0.339 e. The molecular weight excluding hydrogens is 190 g/mol. The standard InChI is InChI=1S/C11H21N3O/c1-5-12-7-6-10-13-9(14-15-10)8-11(2,3)4/h12H,5-8H2,1-4H3. The fourth-order valence-corrected chi connectivity index (χ4v) is 1.31. The second kappa shape index (κ2) is 5.26. The average Bonchev–Trinajstić information content (AvgIpc) is 2.50. The van der Waals surface area contributed by atoms with Gasteiger partial charge in [0.2, 0.25) is 5.89 Å². The summed E-state index contributed by atoms with van der Waals surface area (Å²) in [5.41, 5.74) is 0.211. The van der Waals surface area contributed by atoms with Crippen molar-refractivity contribution in [3.63, 3.8) is 0 Å². The lowest BCUT2D eigenvalue weighted by atomic mass is 9.92. The van der Waals surface area contributed by atoms with E-state index in [-0.39, 0.29) is 5.41 Å².